The number of nitriles is 1. The van der Waals surface area contributed by atoms with Crippen molar-refractivity contribution in [3.05, 3.63) is 0 Å². The van der Waals surface area contributed by atoms with E-state index in [0.717, 1.165) is 6.42 Å². The maximum Gasteiger partial charge on any atom is 0.161 e. The zero-order chi connectivity index (χ0) is 11.4. The summed E-state index contributed by atoms with van der Waals surface area (Å²) in [6.07, 6.45) is 0.984. The Bertz CT molecular complexity index is 244. The Morgan fingerprint density at radius 2 is 1.64 bits per heavy atom. The van der Waals surface area contributed by atoms with Gasteiger partial charge in [-0.3, -0.25) is 0 Å². The van der Waals surface area contributed by atoms with Gasteiger partial charge in [0, 0.05) is 0 Å². The predicted octanol–water partition coefficient (Wildman–Crippen LogP) is 3.57. The van der Waals surface area contributed by atoms with Crippen LogP contribution in [0.3, 0.4) is 0 Å². The van der Waals surface area contributed by atoms with E-state index in [1.807, 2.05) is 13.8 Å². The minimum absolute atomic E-state index is 0.164. The van der Waals surface area contributed by atoms with Crippen molar-refractivity contribution in [3.8, 4) is 6.07 Å². The third-order valence-electron chi connectivity index (χ3n) is 1.75. The van der Waals surface area contributed by atoms with Gasteiger partial charge in [0.2, 0.25) is 0 Å². The molecule has 3 heteroatoms. The molecule has 80 valence electrons. The molecule has 0 bridgehead atoms. The van der Waals surface area contributed by atoms with Gasteiger partial charge in [-0.05, 0) is 40.0 Å². The second-order valence-electron chi connectivity index (χ2n) is 5.28. The summed E-state index contributed by atoms with van der Waals surface area (Å²) in [4.78, 5) is 0. The number of azo groups is 1. The molecule has 14 heavy (non-hydrogen) atoms. The van der Waals surface area contributed by atoms with Crippen molar-refractivity contribution in [2.75, 3.05) is 0 Å². The molecule has 0 aliphatic carbocycles. The number of rotatable bonds is 4. The van der Waals surface area contributed by atoms with Crippen LogP contribution in [0.25, 0.3) is 0 Å². The van der Waals surface area contributed by atoms with Crippen molar-refractivity contribution >= 4 is 0 Å². The molecule has 0 radical (unpaired) electrons. The molecule has 0 saturated heterocycles. The monoisotopic (exact) mass is 195 g/mol. The summed E-state index contributed by atoms with van der Waals surface area (Å²) >= 11 is 0. The molecule has 0 N–H and O–H groups in total. The first kappa shape index (κ1) is 13.1. The molecule has 0 aromatic rings. The Balaban J connectivity index is 4.44. The van der Waals surface area contributed by atoms with E-state index in [2.05, 4.69) is 30.1 Å². The van der Waals surface area contributed by atoms with Crippen molar-refractivity contribution in [2.24, 2.45) is 16.1 Å². The normalized spacial score (nSPS) is 13.6. The second kappa shape index (κ2) is 4.54. The Hall–Kier alpha value is -0.910. The fourth-order valence-corrected chi connectivity index (χ4v) is 1.32. The maximum absolute atomic E-state index is 8.77. The first-order chi connectivity index (χ1) is 6.18. The lowest BCUT2D eigenvalue weighted by molar-refractivity contribution is 0.373. The highest BCUT2D eigenvalue weighted by Gasteiger charge is 2.21. The molecule has 0 heterocycles. The van der Waals surface area contributed by atoms with Gasteiger partial charge >= 0.3 is 0 Å². The standard InChI is InChI=1S/C11H21N3/c1-9(2)7-10(3,4)13-14-11(5,6)8-12/h9H,7H2,1-6H3. The van der Waals surface area contributed by atoms with Crippen LogP contribution < -0.4 is 0 Å². The van der Waals surface area contributed by atoms with Crippen molar-refractivity contribution in [3.63, 3.8) is 0 Å². The van der Waals surface area contributed by atoms with Gasteiger partial charge in [0.15, 0.2) is 5.54 Å². The van der Waals surface area contributed by atoms with E-state index in [-0.39, 0.29) is 5.54 Å². The summed E-state index contributed by atoms with van der Waals surface area (Å²) in [5.41, 5.74) is -0.865. The fourth-order valence-electron chi connectivity index (χ4n) is 1.32. The average Bonchev–Trinajstić information content (AvgIpc) is 1.99. The first-order valence-corrected chi connectivity index (χ1v) is 5.04. The summed E-state index contributed by atoms with van der Waals surface area (Å²) in [6, 6.07) is 2.11. The SMILES string of the molecule is CC(C)CC(C)(C)N=NC(C)(C)C#N. The molecule has 0 aromatic carbocycles. The summed E-state index contributed by atoms with van der Waals surface area (Å²) in [5, 5.41) is 17.1. The molecule has 0 aliphatic heterocycles. The number of hydrogen-bond acceptors (Lipinski definition) is 3. The molecular weight excluding hydrogens is 174 g/mol. The molecule has 0 saturated carbocycles. The Labute approximate surface area is 87.2 Å². The van der Waals surface area contributed by atoms with Gasteiger partial charge in [0.25, 0.3) is 0 Å². The molecule has 0 fully saturated rings. The Morgan fingerprint density at radius 1 is 1.14 bits per heavy atom. The smallest absolute Gasteiger partial charge is 0.161 e. The van der Waals surface area contributed by atoms with Crippen molar-refractivity contribution < 1.29 is 0 Å². The lowest BCUT2D eigenvalue weighted by Gasteiger charge is -2.21. The summed E-state index contributed by atoms with van der Waals surface area (Å²) in [5.74, 6) is 0.592. The molecule has 0 rings (SSSR count). The van der Waals surface area contributed by atoms with Crippen LogP contribution in [0.4, 0.5) is 0 Å². The molecule has 0 spiro atoms. The maximum atomic E-state index is 8.77. The summed E-state index contributed by atoms with van der Waals surface area (Å²) < 4.78 is 0. The van der Waals surface area contributed by atoms with Gasteiger partial charge in [-0.1, -0.05) is 13.8 Å². The summed E-state index contributed by atoms with van der Waals surface area (Å²) in [7, 11) is 0. The van der Waals surface area contributed by atoms with Gasteiger partial charge in [-0.2, -0.15) is 15.5 Å². The summed E-state index contributed by atoms with van der Waals surface area (Å²) in [6.45, 7) is 11.9. The average molecular weight is 195 g/mol. The number of nitrogens with zero attached hydrogens (tertiary/aromatic N) is 3. The molecule has 3 nitrogen and oxygen atoms in total. The topological polar surface area (TPSA) is 48.5 Å². The zero-order valence-electron chi connectivity index (χ0n) is 10.1. The van der Waals surface area contributed by atoms with Crippen LogP contribution >= 0.6 is 0 Å². The fraction of sp³-hybridized carbons (Fsp3) is 0.909. The van der Waals surface area contributed by atoms with Crippen LogP contribution in [0.2, 0.25) is 0 Å². The van der Waals surface area contributed by atoms with Gasteiger partial charge in [0.1, 0.15) is 0 Å². The predicted molar refractivity (Wildman–Crippen MR) is 58.1 cm³/mol. The van der Waals surface area contributed by atoms with Crippen LogP contribution in [0, 0.1) is 17.2 Å². The highest BCUT2D eigenvalue weighted by Crippen LogP contribution is 2.22. The van der Waals surface area contributed by atoms with E-state index >= 15 is 0 Å². The van der Waals surface area contributed by atoms with E-state index in [9.17, 15) is 0 Å². The van der Waals surface area contributed by atoms with Gasteiger partial charge in [-0.15, -0.1) is 0 Å². The highest BCUT2D eigenvalue weighted by atomic mass is 15.2. The largest absolute Gasteiger partial charge is 0.196 e. The number of hydrogen-bond donors (Lipinski definition) is 0. The molecule has 0 atom stereocenters. The minimum atomic E-state index is -0.700. The van der Waals surface area contributed by atoms with Crippen LogP contribution in [0.5, 0.6) is 0 Å². The third kappa shape index (κ3) is 5.69. The molecule has 0 amide bonds. The van der Waals surface area contributed by atoms with Crippen LogP contribution in [0.1, 0.15) is 48.0 Å². The van der Waals surface area contributed by atoms with Crippen LogP contribution in [-0.2, 0) is 0 Å². The van der Waals surface area contributed by atoms with E-state index in [1.54, 1.807) is 13.8 Å². The van der Waals surface area contributed by atoms with Crippen molar-refractivity contribution in [2.45, 2.75) is 59.0 Å². The van der Waals surface area contributed by atoms with Crippen LogP contribution in [0.15, 0.2) is 10.2 Å². The zero-order valence-corrected chi connectivity index (χ0v) is 10.1. The van der Waals surface area contributed by atoms with Gasteiger partial charge < -0.3 is 0 Å². The molecular formula is C11H21N3. The first-order valence-electron chi connectivity index (χ1n) is 5.04. The second-order valence-corrected chi connectivity index (χ2v) is 5.28. The molecule has 0 aromatic heterocycles. The quantitative estimate of drug-likeness (QED) is 0.632. The van der Waals surface area contributed by atoms with E-state index < -0.39 is 5.54 Å². The van der Waals surface area contributed by atoms with E-state index in [0.29, 0.717) is 5.92 Å². The van der Waals surface area contributed by atoms with Gasteiger partial charge in [-0.25, -0.2) is 0 Å². The van der Waals surface area contributed by atoms with Crippen LogP contribution in [-0.4, -0.2) is 11.1 Å². The molecule has 0 unspecified atom stereocenters. The third-order valence-corrected chi connectivity index (χ3v) is 1.75. The lowest BCUT2D eigenvalue weighted by Crippen LogP contribution is -2.21. The molecule has 0 aliphatic rings. The highest BCUT2D eigenvalue weighted by molar-refractivity contribution is 4.99. The lowest BCUT2D eigenvalue weighted by atomic mass is 9.94. The van der Waals surface area contributed by atoms with Crippen molar-refractivity contribution in [1.82, 2.24) is 0 Å². The Morgan fingerprint density at radius 3 is 2.00 bits per heavy atom. The Kier molecular flexibility index (Phi) is 4.25. The van der Waals surface area contributed by atoms with E-state index in [4.69, 9.17) is 5.26 Å². The van der Waals surface area contributed by atoms with Gasteiger partial charge in [0.05, 0.1) is 11.6 Å². The van der Waals surface area contributed by atoms with Crippen molar-refractivity contribution in [1.29, 1.82) is 5.26 Å². The minimum Gasteiger partial charge on any atom is -0.196 e. The van der Waals surface area contributed by atoms with E-state index in [1.165, 1.54) is 0 Å².